The van der Waals surface area contributed by atoms with Crippen LogP contribution in [-0.2, 0) is 33.0 Å². The van der Waals surface area contributed by atoms with Gasteiger partial charge in [0.15, 0.2) is 5.96 Å². The SMILES string of the molecule is CCNC(=NCc1ccc(C)cc1SC)NCc1c(CC)nn(C)c1CC.I. The van der Waals surface area contributed by atoms with Crippen LogP contribution in [-0.4, -0.2) is 28.5 Å². The molecule has 0 atom stereocenters. The van der Waals surface area contributed by atoms with E-state index in [0.29, 0.717) is 6.54 Å². The maximum absolute atomic E-state index is 4.81. The number of hydrogen-bond acceptors (Lipinski definition) is 3. The van der Waals surface area contributed by atoms with Gasteiger partial charge in [-0.1, -0.05) is 26.0 Å². The van der Waals surface area contributed by atoms with Gasteiger partial charge in [-0.05, 0) is 50.1 Å². The number of aliphatic imine (C=N–C) groups is 1. The molecule has 0 aliphatic rings. The third kappa shape index (κ3) is 6.40. The Balaban J connectivity index is 0.00000392. The number of aryl methyl sites for hydroxylation is 3. The standard InChI is InChI=1S/C21H33N5S.HI/c1-7-18-17(19(8-2)26(5)25-18)14-24-21(22-9-3)23-13-16-11-10-15(4)12-20(16)27-6;/h10-12H,7-9,13-14H2,1-6H3,(H2,22,23,24);1H. The van der Waals surface area contributed by atoms with Crippen molar-refractivity contribution in [1.82, 2.24) is 20.4 Å². The van der Waals surface area contributed by atoms with Gasteiger partial charge in [0.1, 0.15) is 0 Å². The molecule has 0 amide bonds. The Hall–Kier alpha value is -1.22. The first-order valence-electron chi connectivity index (χ1n) is 9.73. The fourth-order valence-electron chi connectivity index (χ4n) is 3.25. The Labute approximate surface area is 191 Å². The highest BCUT2D eigenvalue weighted by Gasteiger charge is 2.14. The summed E-state index contributed by atoms with van der Waals surface area (Å²) < 4.78 is 2.01. The van der Waals surface area contributed by atoms with E-state index in [1.54, 1.807) is 11.8 Å². The van der Waals surface area contributed by atoms with E-state index in [2.05, 4.69) is 67.9 Å². The molecule has 156 valence electrons. The summed E-state index contributed by atoms with van der Waals surface area (Å²) in [5.41, 5.74) is 6.30. The van der Waals surface area contributed by atoms with Crippen LogP contribution in [0.4, 0.5) is 0 Å². The predicted molar refractivity (Wildman–Crippen MR) is 132 cm³/mol. The normalized spacial score (nSPS) is 11.3. The Bertz CT molecular complexity index is 785. The van der Waals surface area contributed by atoms with Gasteiger partial charge in [0.25, 0.3) is 0 Å². The molecule has 0 radical (unpaired) electrons. The van der Waals surface area contributed by atoms with Gasteiger partial charge >= 0.3 is 0 Å². The highest BCUT2D eigenvalue weighted by Crippen LogP contribution is 2.22. The molecule has 2 N–H and O–H groups in total. The molecular weight excluding hydrogens is 481 g/mol. The molecule has 7 heteroatoms. The minimum atomic E-state index is 0. The molecule has 1 aromatic carbocycles. The molecular formula is C21H34IN5S. The monoisotopic (exact) mass is 515 g/mol. The molecule has 2 rings (SSSR count). The number of thioether (sulfide) groups is 1. The summed E-state index contributed by atoms with van der Waals surface area (Å²) >= 11 is 1.78. The molecule has 1 aromatic heterocycles. The summed E-state index contributed by atoms with van der Waals surface area (Å²) in [6.07, 6.45) is 4.04. The highest BCUT2D eigenvalue weighted by molar-refractivity contribution is 14.0. The number of rotatable bonds is 8. The van der Waals surface area contributed by atoms with E-state index < -0.39 is 0 Å². The van der Waals surface area contributed by atoms with Gasteiger partial charge in [0.05, 0.1) is 12.2 Å². The Morgan fingerprint density at radius 3 is 2.54 bits per heavy atom. The fourth-order valence-corrected chi connectivity index (χ4v) is 3.95. The van der Waals surface area contributed by atoms with Crippen LogP contribution in [0.2, 0.25) is 0 Å². The number of hydrogen-bond donors (Lipinski definition) is 2. The fraction of sp³-hybridized carbons (Fsp3) is 0.524. The summed E-state index contributed by atoms with van der Waals surface area (Å²) in [6, 6.07) is 6.56. The second-order valence-corrected chi connectivity index (χ2v) is 7.41. The summed E-state index contributed by atoms with van der Waals surface area (Å²) in [6.45, 7) is 10.8. The number of nitrogens with zero attached hydrogens (tertiary/aromatic N) is 3. The largest absolute Gasteiger partial charge is 0.357 e. The summed E-state index contributed by atoms with van der Waals surface area (Å²) in [5.74, 6) is 0.845. The van der Waals surface area contributed by atoms with Crippen molar-refractivity contribution >= 4 is 41.7 Å². The van der Waals surface area contributed by atoms with Crippen LogP contribution < -0.4 is 10.6 Å². The maximum Gasteiger partial charge on any atom is 0.191 e. The number of benzene rings is 1. The first-order valence-corrected chi connectivity index (χ1v) is 11.0. The molecule has 0 aliphatic heterocycles. The Morgan fingerprint density at radius 1 is 1.18 bits per heavy atom. The minimum Gasteiger partial charge on any atom is -0.357 e. The van der Waals surface area contributed by atoms with E-state index in [9.17, 15) is 0 Å². The third-order valence-electron chi connectivity index (χ3n) is 4.65. The second-order valence-electron chi connectivity index (χ2n) is 6.57. The zero-order chi connectivity index (χ0) is 19.8. The van der Waals surface area contributed by atoms with Crippen LogP contribution in [0, 0.1) is 6.92 Å². The van der Waals surface area contributed by atoms with Crippen LogP contribution in [0.5, 0.6) is 0 Å². The van der Waals surface area contributed by atoms with Crippen LogP contribution in [0.1, 0.15) is 48.8 Å². The van der Waals surface area contributed by atoms with E-state index in [-0.39, 0.29) is 24.0 Å². The van der Waals surface area contributed by atoms with Crippen molar-refractivity contribution in [3.8, 4) is 0 Å². The number of halogens is 1. The molecule has 5 nitrogen and oxygen atoms in total. The number of guanidine groups is 1. The average Bonchev–Trinajstić information content (AvgIpc) is 2.99. The van der Waals surface area contributed by atoms with Crippen LogP contribution >= 0.6 is 35.7 Å². The van der Waals surface area contributed by atoms with Gasteiger partial charge in [-0.3, -0.25) is 4.68 Å². The molecule has 28 heavy (non-hydrogen) atoms. The Morgan fingerprint density at radius 2 is 1.93 bits per heavy atom. The lowest BCUT2D eigenvalue weighted by Gasteiger charge is -2.13. The highest BCUT2D eigenvalue weighted by atomic mass is 127. The molecule has 0 spiro atoms. The molecule has 0 bridgehead atoms. The van der Waals surface area contributed by atoms with Gasteiger partial charge in [0, 0.05) is 36.3 Å². The average molecular weight is 516 g/mol. The first-order chi connectivity index (χ1) is 13.0. The van der Waals surface area contributed by atoms with Gasteiger partial charge in [-0.15, -0.1) is 35.7 Å². The van der Waals surface area contributed by atoms with Crippen molar-refractivity contribution in [3.63, 3.8) is 0 Å². The number of aromatic nitrogens is 2. The van der Waals surface area contributed by atoms with Crippen LogP contribution in [0.3, 0.4) is 0 Å². The molecule has 1 heterocycles. The van der Waals surface area contributed by atoms with E-state index in [1.807, 2.05) is 11.7 Å². The van der Waals surface area contributed by atoms with Crippen LogP contribution in [0.15, 0.2) is 28.1 Å². The summed E-state index contributed by atoms with van der Waals surface area (Å²) in [7, 11) is 2.03. The minimum absolute atomic E-state index is 0. The molecule has 0 saturated carbocycles. The molecule has 0 saturated heterocycles. The summed E-state index contributed by atoms with van der Waals surface area (Å²) in [5, 5.41) is 11.5. The van der Waals surface area contributed by atoms with Gasteiger partial charge in [0.2, 0.25) is 0 Å². The molecule has 0 unspecified atom stereocenters. The van der Waals surface area contributed by atoms with Gasteiger partial charge < -0.3 is 10.6 Å². The lowest BCUT2D eigenvalue weighted by Crippen LogP contribution is -2.37. The lowest BCUT2D eigenvalue weighted by molar-refractivity contribution is 0.702. The van der Waals surface area contributed by atoms with E-state index in [1.165, 1.54) is 33.0 Å². The smallest absolute Gasteiger partial charge is 0.191 e. The van der Waals surface area contributed by atoms with Crippen molar-refractivity contribution in [1.29, 1.82) is 0 Å². The zero-order valence-electron chi connectivity index (χ0n) is 17.9. The van der Waals surface area contributed by atoms with Gasteiger partial charge in [-0.2, -0.15) is 5.10 Å². The quantitative estimate of drug-likeness (QED) is 0.236. The summed E-state index contributed by atoms with van der Waals surface area (Å²) in [4.78, 5) is 6.10. The van der Waals surface area contributed by atoms with Crippen molar-refractivity contribution in [3.05, 3.63) is 46.3 Å². The van der Waals surface area contributed by atoms with E-state index in [4.69, 9.17) is 4.99 Å². The third-order valence-corrected chi connectivity index (χ3v) is 5.47. The van der Waals surface area contributed by atoms with E-state index >= 15 is 0 Å². The van der Waals surface area contributed by atoms with Gasteiger partial charge in [-0.25, -0.2) is 4.99 Å². The van der Waals surface area contributed by atoms with Crippen molar-refractivity contribution in [2.75, 3.05) is 12.8 Å². The molecule has 2 aromatic rings. The topological polar surface area (TPSA) is 54.2 Å². The number of nitrogens with one attached hydrogen (secondary N) is 2. The van der Waals surface area contributed by atoms with Crippen molar-refractivity contribution < 1.29 is 0 Å². The van der Waals surface area contributed by atoms with Crippen molar-refractivity contribution in [2.24, 2.45) is 12.0 Å². The Kier molecular flexibility index (Phi) is 11.0. The predicted octanol–water partition coefficient (Wildman–Crippen LogP) is 4.45. The van der Waals surface area contributed by atoms with Crippen molar-refractivity contribution in [2.45, 2.75) is 58.5 Å². The zero-order valence-corrected chi connectivity index (χ0v) is 21.1. The maximum atomic E-state index is 4.81. The van der Waals surface area contributed by atoms with E-state index in [0.717, 1.165) is 31.9 Å². The second kappa shape index (κ2) is 12.4. The first kappa shape index (κ1) is 24.8. The lowest BCUT2D eigenvalue weighted by atomic mass is 10.1. The molecule has 0 fully saturated rings. The van der Waals surface area contributed by atoms with Crippen LogP contribution in [0.25, 0.3) is 0 Å². The molecule has 0 aliphatic carbocycles.